The molecule has 0 aliphatic carbocycles. The minimum atomic E-state index is 0.305. The molecule has 0 aliphatic rings. The first kappa shape index (κ1) is 19.8. The molecular formula is C24H24N6O. The number of ether oxygens (including phenoxy) is 1. The third-order valence-corrected chi connectivity index (χ3v) is 5.11. The van der Waals surface area contributed by atoms with Gasteiger partial charge in [0, 0.05) is 22.5 Å². The van der Waals surface area contributed by atoms with Gasteiger partial charge in [-0.05, 0) is 59.7 Å². The molecule has 4 rings (SSSR count). The van der Waals surface area contributed by atoms with Gasteiger partial charge in [0.25, 0.3) is 0 Å². The average molecular weight is 412 g/mol. The molecule has 4 aromatic rings. The van der Waals surface area contributed by atoms with E-state index in [1.807, 2.05) is 36.4 Å². The molecular weight excluding hydrogens is 388 g/mol. The molecule has 0 saturated carbocycles. The third kappa shape index (κ3) is 3.72. The summed E-state index contributed by atoms with van der Waals surface area (Å²) in [5.41, 5.74) is 42.4. The van der Waals surface area contributed by atoms with Crippen molar-refractivity contribution in [2.24, 2.45) is 0 Å². The Morgan fingerprint density at radius 2 is 0.774 bits per heavy atom. The Kier molecular flexibility index (Phi) is 4.92. The van der Waals surface area contributed by atoms with Gasteiger partial charge in [-0.25, -0.2) is 0 Å². The van der Waals surface area contributed by atoms with Crippen molar-refractivity contribution in [2.45, 2.75) is 0 Å². The van der Waals surface area contributed by atoms with Crippen molar-refractivity contribution < 1.29 is 4.74 Å². The fraction of sp³-hybridized carbons (Fsp3) is 0. The van der Waals surface area contributed by atoms with Crippen LogP contribution in [0.5, 0.6) is 11.5 Å². The summed E-state index contributed by atoms with van der Waals surface area (Å²) in [5.74, 6) is 0.775. The average Bonchev–Trinajstić information content (AvgIpc) is 2.76. The lowest BCUT2D eigenvalue weighted by Gasteiger charge is -2.20. The molecule has 7 nitrogen and oxygen atoms in total. The zero-order valence-corrected chi connectivity index (χ0v) is 16.8. The highest BCUT2D eigenvalue weighted by Gasteiger charge is 2.19. The molecule has 0 saturated heterocycles. The second-order valence-corrected chi connectivity index (χ2v) is 7.24. The van der Waals surface area contributed by atoms with E-state index in [2.05, 4.69) is 0 Å². The van der Waals surface area contributed by atoms with Crippen LogP contribution in [-0.2, 0) is 0 Å². The number of hydrogen-bond donors (Lipinski definition) is 6. The molecule has 0 heterocycles. The fourth-order valence-corrected chi connectivity index (χ4v) is 3.33. The number of hydrogen-bond acceptors (Lipinski definition) is 7. The molecule has 0 aromatic heterocycles. The van der Waals surface area contributed by atoms with Crippen LogP contribution in [0, 0.1) is 0 Å². The minimum Gasteiger partial charge on any atom is -0.452 e. The molecule has 0 amide bonds. The Morgan fingerprint density at radius 3 is 1.13 bits per heavy atom. The van der Waals surface area contributed by atoms with Gasteiger partial charge in [0.15, 0.2) is 11.5 Å². The molecule has 0 spiro atoms. The topological polar surface area (TPSA) is 165 Å². The van der Waals surface area contributed by atoms with Gasteiger partial charge in [0.2, 0.25) is 0 Å². The quantitative estimate of drug-likeness (QED) is 0.272. The molecule has 0 bridgehead atoms. The van der Waals surface area contributed by atoms with Crippen molar-refractivity contribution in [3.63, 3.8) is 0 Å². The normalized spacial score (nSPS) is 10.7. The van der Waals surface area contributed by atoms with Crippen molar-refractivity contribution in [2.75, 3.05) is 34.4 Å². The Hall–Kier alpha value is -4.52. The van der Waals surface area contributed by atoms with Crippen LogP contribution in [0.25, 0.3) is 22.3 Å². The summed E-state index contributed by atoms with van der Waals surface area (Å²) in [4.78, 5) is 0. The minimum absolute atomic E-state index is 0.305. The molecule has 12 N–H and O–H groups in total. The van der Waals surface area contributed by atoms with Crippen LogP contribution in [0.3, 0.4) is 0 Å². The number of anilines is 6. The lowest BCUT2D eigenvalue weighted by molar-refractivity contribution is 0.491. The van der Waals surface area contributed by atoms with E-state index >= 15 is 0 Å². The fourth-order valence-electron chi connectivity index (χ4n) is 3.33. The Bertz CT molecular complexity index is 1150. The summed E-state index contributed by atoms with van der Waals surface area (Å²) in [6.07, 6.45) is 0. The van der Waals surface area contributed by atoms with Gasteiger partial charge < -0.3 is 39.1 Å². The molecule has 0 atom stereocenters. The van der Waals surface area contributed by atoms with E-state index in [0.717, 1.165) is 22.3 Å². The lowest BCUT2D eigenvalue weighted by atomic mass is 10.0. The summed E-state index contributed by atoms with van der Waals surface area (Å²) in [7, 11) is 0. The van der Waals surface area contributed by atoms with E-state index in [0.29, 0.717) is 45.6 Å². The number of nitrogens with two attached hydrogens (primary N) is 6. The zero-order valence-electron chi connectivity index (χ0n) is 16.8. The Morgan fingerprint density at radius 1 is 0.419 bits per heavy atom. The lowest BCUT2D eigenvalue weighted by Crippen LogP contribution is -2.04. The molecule has 156 valence electrons. The van der Waals surface area contributed by atoms with Gasteiger partial charge in [-0.1, -0.05) is 24.3 Å². The monoisotopic (exact) mass is 412 g/mol. The largest absolute Gasteiger partial charge is 0.452 e. The molecule has 0 fully saturated rings. The van der Waals surface area contributed by atoms with Crippen LogP contribution in [-0.4, -0.2) is 0 Å². The Balaban J connectivity index is 1.90. The first-order valence-electron chi connectivity index (χ1n) is 9.60. The molecule has 0 radical (unpaired) electrons. The van der Waals surface area contributed by atoms with Crippen LogP contribution in [0.2, 0.25) is 0 Å². The van der Waals surface area contributed by atoms with Gasteiger partial charge in [0.1, 0.15) is 0 Å². The van der Waals surface area contributed by atoms with Crippen molar-refractivity contribution in [3.05, 3.63) is 72.8 Å². The number of benzene rings is 4. The first-order chi connectivity index (χ1) is 14.8. The summed E-state index contributed by atoms with van der Waals surface area (Å²) in [6.45, 7) is 0. The summed E-state index contributed by atoms with van der Waals surface area (Å²) >= 11 is 0. The van der Waals surface area contributed by atoms with Crippen LogP contribution >= 0.6 is 0 Å². The second-order valence-electron chi connectivity index (χ2n) is 7.24. The SMILES string of the molecule is Nc1ccc(-c2ccc(N)c(N)c2Oc2c(-c3ccc(N)cc3)ccc(N)c2N)cc1. The van der Waals surface area contributed by atoms with E-state index < -0.39 is 0 Å². The third-order valence-electron chi connectivity index (χ3n) is 5.11. The van der Waals surface area contributed by atoms with Gasteiger partial charge >= 0.3 is 0 Å². The van der Waals surface area contributed by atoms with E-state index in [9.17, 15) is 0 Å². The van der Waals surface area contributed by atoms with E-state index in [-0.39, 0.29) is 0 Å². The van der Waals surface area contributed by atoms with Crippen LogP contribution in [0.1, 0.15) is 0 Å². The predicted octanol–water partition coefficient (Wildman–Crippen LogP) is 4.31. The highest BCUT2D eigenvalue weighted by molar-refractivity contribution is 5.89. The maximum atomic E-state index is 6.36. The van der Waals surface area contributed by atoms with Crippen molar-refractivity contribution in [1.82, 2.24) is 0 Å². The molecule has 4 aromatic carbocycles. The predicted molar refractivity (Wildman–Crippen MR) is 130 cm³/mol. The molecule has 0 unspecified atom stereocenters. The van der Waals surface area contributed by atoms with Crippen LogP contribution in [0.4, 0.5) is 34.1 Å². The van der Waals surface area contributed by atoms with Gasteiger partial charge in [-0.15, -0.1) is 0 Å². The van der Waals surface area contributed by atoms with E-state index in [4.69, 9.17) is 39.1 Å². The van der Waals surface area contributed by atoms with E-state index in [1.165, 1.54) is 0 Å². The smallest absolute Gasteiger partial charge is 0.160 e. The van der Waals surface area contributed by atoms with Gasteiger partial charge in [-0.2, -0.15) is 0 Å². The maximum absolute atomic E-state index is 6.36. The molecule has 31 heavy (non-hydrogen) atoms. The highest BCUT2D eigenvalue weighted by Crippen LogP contribution is 2.46. The molecule has 7 heteroatoms. The Labute approximate surface area is 180 Å². The number of nitrogen functional groups attached to an aromatic ring is 6. The van der Waals surface area contributed by atoms with Gasteiger partial charge in [-0.3, -0.25) is 0 Å². The second kappa shape index (κ2) is 7.72. The van der Waals surface area contributed by atoms with Gasteiger partial charge in [0.05, 0.1) is 22.7 Å². The van der Waals surface area contributed by atoms with Crippen LogP contribution in [0.15, 0.2) is 72.8 Å². The zero-order chi connectivity index (χ0) is 22.1. The molecule has 0 aliphatic heterocycles. The summed E-state index contributed by atoms with van der Waals surface area (Å²) < 4.78 is 6.36. The highest BCUT2D eigenvalue weighted by atomic mass is 16.5. The van der Waals surface area contributed by atoms with Crippen molar-refractivity contribution >= 4 is 34.1 Å². The van der Waals surface area contributed by atoms with Crippen molar-refractivity contribution in [1.29, 1.82) is 0 Å². The number of rotatable bonds is 4. The van der Waals surface area contributed by atoms with Crippen LogP contribution < -0.4 is 39.1 Å². The maximum Gasteiger partial charge on any atom is 0.160 e. The summed E-state index contributed by atoms with van der Waals surface area (Å²) in [6, 6.07) is 21.9. The van der Waals surface area contributed by atoms with E-state index in [1.54, 1.807) is 36.4 Å². The standard InChI is InChI=1S/C24H24N6O/c25-15-5-1-13(2-6-15)17-9-11-19(27)21(29)23(17)31-24-18(10-12-20(28)22(24)30)14-3-7-16(26)8-4-14/h1-12H,25-30H2. The van der Waals surface area contributed by atoms with Crippen molar-refractivity contribution in [3.8, 4) is 33.8 Å². The first-order valence-corrected chi connectivity index (χ1v) is 9.60. The summed E-state index contributed by atoms with van der Waals surface area (Å²) in [5, 5.41) is 0.